The Morgan fingerprint density at radius 3 is 2.22 bits per heavy atom. The molecule has 0 radical (unpaired) electrons. The molecule has 0 atom stereocenters. The molecule has 1 aromatic rings. The lowest BCUT2D eigenvalue weighted by Crippen LogP contribution is -2.37. The van der Waals surface area contributed by atoms with Crippen LogP contribution in [0.2, 0.25) is 0 Å². The number of rotatable bonds is 4. The Hall–Kier alpha value is -1.22. The zero-order chi connectivity index (χ0) is 12.6. The van der Waals surface area contributed by atoms with Gasteiger partial charge in [-0.3, -0.25) is 0 Å². The fraction of sp³-hybridized carbons (Fsp3) is 0.467. The highest BCUT2D eigenvalue weighted by Crippen LogP contribution is 2.38. The Bertz CT molecular complexity index is 449. The molecular formula is C15H17F2N. The summed E-state index contributed by atoms with van der Waals surface area (Å²) in [6.45, 7) is 0.799. The minimum absolute atomic E-state index is 0.161. The largest absolute Gasteiger partial charge is 0.313 e. The first-order chi connectivity index (χ1) is 8.68. The predicted molar refractivity (Wildman–Crippen MR) is 67.4 cm³/mol. The van der Waals surface area contributed by atoms with Crippen LogP contribution in [0.5, 0.6) is 0 Å². The van der Waals surface area contributed by atoms with Crippen LogP contribution < -0.4 is 5.32 Å². The minimum atomic E-state index is -0.484. The monoisotopic (exact) mass is 249 g/mol. The van der Waals surface area contributed by atoms with E-state index in [0.717, 1.165) is 31.0 Å². The molecule has 3 heteroatoms. The van der Waals surface area contributed by atoms with E-state index in [2.05, 4.69) is 17.5 Å². The molecule has 0 spiro atoms. The maximum atomic E-state index is 13.4. The van der Waals surface area contributed by atoms with Crippen molar-refractivity contribution in [1.82, 2.24) is 5.32 Å². The second-order valence-electron chi connectivity index (χ2n) is 5.47. The number of hydrogen-bond acceptors (Lipinski definition) is 1. The molecule has 1 fully saturated rings. The average molecular weight is 249 g/mol. The maximum Gasteiger partial charge on any atom is 0.126 e. The van der Waals surface area contributed by atoms with Crippen molar-refractivity contribution in [2.24, 2.45) is 0 Å². The van der Waals surface area contributed by atoms with Crippen LogP contribution in [0, 0.1) is 11.6 Å². The van der Waals surface area contributed by atoms with Crippen molar-refractivity contribution in [3.8, 4) is 0 Å². The van der Waals surface area contributed by atoms with Gasteiger partial charge in [-0.05, 0) is 43.4 Å². The molecule has 2 aliphatic rings. The second-order valence-corrected chi connectivity index (χ2v) is 5.47. The molecule has 0 heterocycles. The van der Waals surface area contributed by atoms with Gasteiger partial charge in [0, 0.05) is 24.1 Å². The molecule has 0 aromatic heterocycles. The maximum absolute atomic E-state index is 13.4. The van der Waals surface area contributed by atoms with Crippen LogP contribution in [0.15, 0.2) is 30.4 Å². The van der Waals surface area contributed by atoms with Crippen LogP contribution in [-0.2, 0) is 5.41 Å². The van der Waals surface area contributed by atoms with Crippen molar-refractivity contribution in [1.29, 1.82) is 0 Å². The molecule has 0 unspecified atom stereocenters. The summed E-state index contributed by atoms with van der Waals surface area (Å²) in [7, 11) is 0. The van der Waals surface area contributed by atoms with Crippen LogP contribution in [0.4, 0.5) is 8.78 Å². The highest BCUT2D eigenvalue weighted by atomic mass is 19.1. The zero-order valence-corrected chi connectivity index (χ0v) is 10.3. The summed E-state index contributed by atoms with van der Waals surface area (Å²) in [6.07, 6.45) is 8.38. The second kappa shape index (κ2) is 4.47. The molecule has 18 heavy (non-hydrogen) atoms. The van der Waals surface area contributed by atoms with Gasteiger partial charge in [0.25, 0.3) is 0 Å². The Morgan fingerprint density at radius 1 is 1.06 bits per heavy atom. The smallest absolute Gasteiger partial charge is 0.126 e. The molecule has 1 N–H and O–H groups in total. The van der Waals surface area contributed by atoms with Gasteiger partial charge < -0.3 is 5.32 Å². The lowest BCUT2D eigenvalue weighted by molar-refractivity contribution is 0.412. The highest BCUT2D eigenvalue weighted by molar-refractivity contribution is 5.32. The molecule has 0 bridgehead atoms. The van der Waals surface area contributed by atoms with Crippen LogP contribution in [0.25, 0.3) is 0 Å². The Labute approximate surface area is 106 Å². The minimum Gasteiger partial charge on any atom is -0.313 e. The Balaban J connectivity index is 1.86. The topological polar surface area (TPSA) is 12.0 Å². The molecule has 0 saturated heterocycles. The van der Waals surface area contributed by atoms with Gasteiger partial charge in [-0.25, -0.2) is 8.78 Å². The predicted octanol–water partition coefficient (Wildman–Crippen LogP) is 3.30. The summed E-state index contributed by atoms with van der Waals surface area (Å²) in [5, 5.41) is 3.49. The standard InChI is InChI=1S/C15H17F2N/c16-12-7-11(8-13(17)9-12)15(5-1-2-6-15)10-18-14-3-4-14/h1-2,7-9,14,18H,3-6,10H2. The van der Waals surface area contributed by atoms with Crippen LogP contribution in [-0.4, -0.2) is 12.6 Å². The molecule has 1 aromatic carbocycles. The fourth-order valence-electron chi connectivity index (χ4n) is 2.67. The van der Waals surface area contributed by atoms with E-state index in [1.54, 1.807) is 0 Å². The van der Waals surface area contributed by atoms with Crippen molar-refractivity contribution >= 4 is 0 Å². The molecule has 1 saturated carbocycles. The van der Waals surface area contributed by atoms with E-state index in [9.17, 15) is 8.78 Å². The highest BCUT2D eigenvalue weighted by Gasteiger charge is 2.35. The SMILES string of the molecule is Fc1cc(F)cc(C2(CNC3CC3)CC=CC2)c1. The number of nitrogens with one attached hydrogen (secondary N) is 1. The third-order valence-electron chi connectivity index (χ3n) is 3.97. The van der Waals surface area contributed by atoms with E-state index < -0.39 is 11.6 Å². The van der Waals surface area contributed by atoms with Gasteiger partial charge >= 0.3 is 0 Å². The van der Waals surface area contributed by atoms with Crippen LogP contribution in [0.3, 0.4) is 0 Å². The van der Waals surface area contributed by atoms with Crippen molar-refractivity contribution in [2.45, 2.75) is 37.1 Å². The molecule has 1 nitrogen and oxygen atoms in total. The molecule has 2 aliphatic carbocycles. The summed E-state index contributed by atoms with van der Waals surface area (Å²) >= 11 is 0. The number of benzene rings is 1. The average Bonchev–Trinajstić information content (AvgIpc) is 3.03. The molecule has 3 rings (SSSR count). The van der Waals surface area contributed by atoms with Crippen molar-refractivity contribution < 1.29 is 8.78 Å². The van der Waals surface area contributed by atoms with Crippen molar-refractivity contribution in [3.05, 3.63) is 47.5 Å². The number of allylic oxidation sites excluding steroid dienone is 2. The first-order valence-corrected chi connectivity index (χ1v) is 6.53. The fourth-order valence-corrected chi connectivity index (χ4v) is 2.67. The van der Waals surface area contributed by atoms with Gasteiger partial charge in [-0.2, -0.15) is 0 Å². The van der Waals surface area contributed by atoms with Gasteiger partial charge in [0.15, 0.2) is 0 Å². The molecular weight excluding hydrogens is 232 g/mol. The van der Waals surface area contributed by atoms with E-state index >= 15 is 0 Å². The summed E-state index contributed by atoms with van der Waals surface area (Å²) in [5.41, 5.74) is 0.615. The number of halogens is 2. The quantitative estimate of drug-likeness (QED) is 0.807. The lowest BCUT2D eigenvalue weighted by atomic mass is 9.78. The summed E-state index contributed by atoms with van der Waals surface area (Å²) in [6, 6.07) is 4.50. The van der Waals surface area contributed by atoms with E-state index in [4.69, 9.17) is 0 Å². The van der Waals surface area contributed by atoms with Gasteiger partial charge in [-0.15, -0.1) is 0 Å². The van der Waals surface area contributed by atoms with E-state index in [1.807, 2.05) is 0 Å². The van der Waals surface area contributed by atoms with E-state index in [-0.39, 0.29) is 5.41 Å². The Morgan fingerprint density at radius 2 is 1.67 bits per heavy atom. The first kappa shape index (κ1) is 11.8. The van der Waals surface area contributed by atoms with Gasteiger partial charge in [-0.1, -0.05) is 12.2 Å². The van der Waals surface area contributed by atoms with E-state index in [1.165, 1.54) is 25.0 Å². The van der Waals surface area contributed by atoms with Crippen LogP contribution in [0.1, 0.15) is 31.2 Å². The normalized spacial score (nSPS) is 21.4. The summed E-state index contributed by atoms with van der Waals surface area (Å²) in [4.78, 5) is 0. The van der Waals surface area contributed by atoms with Crippen molar-refractivity contribution in [2.75, 3.05) is 6.54 Å². The lowest BCUT2D eigenvalue weighted by Gasteiger charge is -2.30. The zero-order valence-electron chi connectivity index (χ0n) is 10.3. The molecule has 0 aliphatic heterocycles. The van der Waals surface area contributed by atoms with Crippen molar-refractivity contribution in [3.63, 3.8) is 0 Å². The van der Waals surface area contributed by atoms with Crippen LogP contribution >= 0.6 is 0 Å². The Kier molecular flexibility index (Phi) is 2.94. The first-order valence-electron chi connectivity index (χ1n) is 6.53. The third-order valence-corrected chi connectivity index (χ3v) is 3.97. The summed E-state index contributed by atoms with van der Waals surface area (Å²) in [5.74, 6) is -0.967. The molecule has 0 amide bonds. The van der Waals surface area contributed by atoms with Gasteiger partial charge in [0.1, 0.15) is 11.6 Å². The summed E-state index contributed by atoms with van der Waals surface area (Å²) < 4.78 is 26.8. The van der Waals surface area contributed by atoms with E-state index in [0.29, 0.717) is 6.04 Å². The van der Waals surface area contributed by atoms with Gasteiger partial charge in [0.05, 0.1) is 0 Å². The molecule has 96 valence electrons. The third kappa shape index (κ3) is 2.32. The number of hydrogen-bond donors (Lipinski definition) is 1. The van der Waals surface area contributed by atoms with Gasteiger partial charge in [0.2, 0.25) is 0 Å².